The molecule has 0 amide bonds. The van der Waals surface area contributed by atoms with Gasteiger partial charge in [0.2, 0.25) is 6.71 Å². The summed E-state index contributed by atoms with van der Waals surface area (Å²) in [4.78, 5) is 0. The molecule has 0 spiro atoms. The van der Waals surface area contributed by atoms with Crippen molar-refractivity contribution in [2.45, 2.75) is 5.82 Å². The van der Waals surface area contributed by atoms with Crippen LogP contribution in [-0.4, -0.2) is 6.71 Å². The lowest BCUT2D eigenvalue weighted by Gasteiger charge is -2.22. The standard InChI is InChI=1S/C17H14BCl/c19-16-11-9-15(10-12-16)18-13-5-4-8-17(18)14-6-2-1-3-7-14/h1-13,17H. The van der Waals surface area contributed by atoms with Crippen molar-refractivity contribution in [2.24, 2.45) is 0 Å². The van der Waals surface area contributed by atoms with Crippen LogP contribution in [0.3, 0.4) is 0 Å². The van der Waals surface area contributed by atoms with E-state index in [2.05, 4.69) is 66.7 Å². The Kier molecular flexibility index (Phi) is 3.57. The highest BCUT2D eigenvalue weighted by atomic mass is 35.5. The molecule has 0 saturated carbocycles. The minimum Gasteiger partial charge on any atom is -0.109 e. The molecule has 2 aromatic carbocycles. The topological polar surface area (TPSA) is 0 Å². The van der Waals surface area contributed by atoms with Crippen molar-refractivity contribution in [1.29, 1.82) is 0 Å². The SMILES string of the molecule is Clc1ccc(B2C=CC=CC2c2ccccc2)cc1. The van der Waals surface area contributed by atoms with Gasteiger partial charge in [-0.25, -0.2) is 0 Å². The molecule has 1 atom stereocenters. The average Bonchev–Trinajstić information content (AvgIpc) is 2.49. The fourth-order valence-electron chi connectivity index (χ4n) is 2.60. The van der Waals surface area contributed by atoms with Crippen molar-refractivity contribution in [3.8, 4) is 0 Å². The maximum absolute atomic E-state index is 5.97. The fraction of sp³-hybridized carbons (Fsp3) is 0.0588. The van der Waals surface area contributed by atoms with Crippen molar-refractivity contribution in [2.75, 3.05) is 0 Å². The third-order valence-electron chi connectivity index (χ3n) is 3.57. The Bertz CT molecular complexity index is 599. The van der Waals surface area contributed by atoms with Gasteiger partial charge in [-0.1, -0.05) is 77.8 Å². The Labute approximate surface area is 119 Å². The van der Waals surface area contributed by atoms with Crippen LogP contribution in [0.5, 0.6) is 0 Å². The summed E-state index contributed by atoms with van der Waals surface area (Å²) in [5.41, 5.74) is 2.65. The van der Waals surface area contributed by atoms with Crippen LogP contribution in [0.4, 0.5) is 0 Å². The van der Waals surface area contributed by atoms with Gasteiger partial charge in [0.1, 0.15) is 0 Å². The lowest BCUT2D eigenvalue weighted by atomic mass is 9.35. The van der Waals surface area contributed by atoms with E-state index in [1.54, 1.807) is 0 Å². The van der Waals surface area contributed by atoms with Gasteiger partial charge in [0.15, 0.2) is 0 Å². The molecule has 1 aliphatic heterocycles. The number of benzene rings is 2. The molecule has 0 nitrogen and oxygen atoms in total. The van der Waals surface area contributed by atoms with Crippen LogP contribution >= 0.6 is 11.6 Å². The van der Waals surface area contributed by atoms with E-state index in [1.807, 2.05) is 12.1 Å². The van der Waals surface area contributed by atoms with Gasteiger partial charge < -0.3 is 0 Å². The largest absolute Gasteiger partial charge is 0.212 e. The molecule has 2 aromatic rings. The molecule has 1 unspecified atom stereocenters. The lowest BCUT2D eigenvalue weighted by Crippen LogP contribution is -2.35. The minimum absolute atomic E-state index is 0.379. The second-order valence-corrected chi connectivity index (χ2v) is 5.22. The maximum atomic E-state index is 5.97. The first-order valence-electron chi connectivity index (χ1n) is 6.50. The van der Waals surface area contributed by atoms with Crippen LogP contribution in [-0.2, 0) is 0 Å². The number of halogens is 1. The highest BCUT2D eigenvalue weighted by molar-refractivity contribution is 6.79. The molecular weight excluding hydrogens is 250 g/mol. The van der Waals surface area contributed by atoms with Gasteiger partial charge in [-0.05, 0) is 23.5 Å². The summed E-state index contributed by atoms with van der Waals surface area (Å²) in [5.74, 6) is 2.66. The molecule has 1 aliphatic rings. The fourth-order valence-corrected chi connectivity index (χ4v) is 2.73. The second-order valence-electron chi connectivity index (χ2n) is 4.78. The number of hydrogen-bond donors (Lipinski definition) is 0. The van der Waals surface area contributed by atoms with E-state index in [-0.39, 0.29) is 0 Å². The lowest BCUT2D eigenvalue weighted by molar-refractivity contribution is 1.17. The molecule has 0 N–H and O–H groups in total. The second kappa shape index (κ2) is 5.50. The Morgan fingerprint density at radius 3 is 2.32 bits per heavy atom. The van der Waals surface area contributed by atoms with E-state index in [0.29, 0.717) is 12.5 Å². The molecule has 0 aromatic heterocycles. The third kappa shape index (κ3) is 2.67. The van der Waals surface area contributed by atoms with Gasteiger partial charge in [0.25, 0.3) is 0 Å². The summed E-state index contributed by atoms with van der Waals surface area (Å²) in [5, 5.41) is 0.787. The number of allylic oxidation sites excluding steroid dienone is 3. The predicted octanol–water partition coefficient (Wildman–Crippen LogP) is 4.03. The summed E-state index contributed by atoms with van der Waals surface area (Å²) in [6.45, 7) is 0.379. The molecular formula is C17H14BCl. The van der Waals surface area contributed by atoms with Crippen molar-refractivity contribution < 1.29 is 0 Å². The van der Waals surface area contributed by atoms with E-state index in [9.17, 15) is 0 Å². The number of rotatable bonds is 2. The Balaban J connectivity index is 1.97. The Morgan fingerprint density at radius 2 is 1.58 bits per heavy atom. The Hall–Kier alpha value is -1.73. The zero-order chi connectivity index (χ0) is 13.1. The molecule has 0 fully saturated rings. The molecule has 0 bridgehead atoms. The van der Waals surface area contributed by atoms with E-state index in [1.165, 1.54) is 11.0 Å². The van der Waals surface area contributed by atoms with Crippen molar-refractivity contribution in [1.82, 2.24) is 0 Å². The van der Waals surface area contributed by atoms with Gasteiger partial charge in [-0.2, -0.15) is 0 Å². The van der Waals surface area contributed by atoms with E-state index in [0.717, 1.165) is 5.02 Å². The van der Waals surface area contributed by atoms with Gasteiger partial charge >= 0.3 is 0 Å². The molecule has 0 saturated heterocycles. The van der Waals surface area contributed by atoms with Gasteiger partial charge in [-0.15, -0.1) is 5.98 Å². The molecule has 19 heavy (non-hydrogen) atoms. The number of hydrogen-bond acceptors (Lipinski definition) is 0. The first-order valence-corrected chi connectivity index (χ1v) is 6.88. The first-order chi connectivity index (χ1) is 9.34. The highest BCUT2D eigenvalue weighted by Gasteiger charge is 2.25. The quantitative estimate of drug-likeness (QED) is 0.719. The van der Waals surface area contributed by atoms with Crippen molar-refractivity contribution in [3.63, 3.8) is 0 Å². The van der Waals surface area contributed by atoms with Crippen LogP contribution in [0.2, 0.25) is 5.02 Å². The summed E-state index contributed by atoms with van der Waals surface area (Å²) >= 11 is 5.97. The molecule has 0 aliphatic carbocycles. The molecule has 3 rings (SSSR count). The molecule has 0 radical (unpaired) electrons. The zero-order valence-electron chi connectivity index (χ0n) is 10.5. The Morgan fingerprint density at radius 1 is 0.842 bits per heavy atom. The average molecular weight is 265 g/mol. The van der Waals surface area contributed by atoms with Crippen LogP contribution in [0.15, 0.2) is 78.8 Å². The van der Waals surface area contributed by atoms with E-state index >= 15 is 0 Å². The summed E-state index contributed by atoms with van der Waals surface area (Å²) in [6, 6.07) is 18.8. The maximum Gasteiger partial charge on any atom is 0.212 e. The first kappa shape index (κ1) is 12.3. The van der Waals surface area contributed by atoms with E-state index < -0.39 is 0 Å². The summed E-state index contributed by atoms with van der Waals surface area (Å²) in [6.07, 6.45) is 6.53. The smallest absolute Gasteiger partial charge is 0.109 e. The zero-order valence-corrected chi connectivity index (χ0v) is 11.3. The minimum atomic E-state index is 0.379. The molecule has 2 heteroatoms. The van der Waals surface area contributed by atoms with E-state index in [4.69, 9.17) is 11.6 Å². The summed E-state index contributed by atoms with van der Waals surface area (Å²) in [7, 11) is 0. The van der Waals surface area contributed by atoms with Crippen molar-refractivity contribution >= 4 is 23.8 Å². The normalized spacial score (nSPS) is 17.7. The van der Waals surface area contributed by atoms with Crippen molar-refractivity contribution in [3.05, 3.63) is 89.4 Å². The van der Waals surface area contributed by atoms with Gasteiger partial charge in [0.05, 0.1) is 0 Å². The van der Waals surface area contributed by atoms with Crippen LogP contribution in [0.25, 0.3) is 0 Å². The molecule has 92 valence electrons. The highest BCUT2D eigenvalue weighted by Crippen LogP contribution is 2.24. The monoisotopic (exact) mass is 264 g/mol. The molecule has 1 heterocycles. The van der Waals surface area contributed by atoms with Crippen LogP contribution in [0.1, 0.15) is 11.4 Å². The van der Waals surface area contributed by atoms with Crippen LogP contribution < -0.4 is 5.46 Å². The summed E-state index contributed by atoms with van der Waals surface area (Å²) < 4.78 is 0. The van der Waals surface area contributed by atoms with Crippen LogP contribution in [0, 0.1) is 0 Å². The predicted molar refractivity (Wildman–Crippen MR) is 84.3 cm³/mol. The van der Waals surface area contributed by atoms with Gasteiger partial charge in [-0.3, -0.25) is 0 Å². The third-order valence-corrected chi connectivity index (χ3v) is 3.83. The van der Waals surface area contributed by atoms with Gasteiger partial charge in [0, 0.05) is 5.02 Å².